The highest BCUT2D eigenvalue weighted by Gasteiger charge is 2.31. The van der Waals surface area contributed by atoms with E-state index in [1.165, 1.54) is 7.11 Å². The Morgan fingerprint density at radius 3 is 2.21 bits per heavy atom. The largest absolute Gasteiger partial charge is 0.507 e. The van der Waals surface area contributed by atoms with Crippen LogP contribution < -0.4 is 10.4 Å². The summed E-state index contributed by atoms with van der Waals surface area (Å²) in [6.45, 7) is 10.8. The first-order chi connectivity index (χ1) is 15.5. The van der Waals surface area contributed by atoms with Crippen LogP contribution in [0.1, 0.15) is 79.4 Å². The van der Waals surface area contributed by atoms with Gasteiger partial charge in [-0.25, -0.2) is 4.79 Å². The molecule has 0 aliphatic heterocycles. The lowest BCUT2D eigenvalue weighted by atomic mass is 9.88. The molecule has 180 valence electrons. The Labute approximate surface area is 194 Å². The van der Waals surface area contributed by atoms with Crippen molar-refractivity contribution in [2.75, 3.05) is 7.11 Å². The molecular weight excluding hydrogens is 424 g/mol. The third kappa shape index (κ3) is 5.07. The average molecular weight is 459 g/mol. The van der Waals surface area contributed by atoms with Crippen molar-refractivity contribution >= 4 is 5.78 Å². The van der Waals surface area contributed by atoms with E-state index >= 15 is 0 Å². The Morgan fingerprint density at radius 2 is 1.70 bits per heavy atom. The number of benzene rings is 1. The van der Waals surface area contributed by atoms with E-state index in [0.717, 1.165) is 5.57 Å². The summed E-state index contributed by atoms with van der Waals surface area (Å²) >= 11 is 0. The molecule has 0 radical (unpaired) electrons. The maximum atomic E-state index is 13.2. The highest BCUT2D eigenvalue weighted by molar-refractivity contribution is 6.04. The number of phenolic OH excluding ortho intramolecular Hbond substituents is 2. The second-order valence-corrected chi connectivity index (χ2v) is 8.52. The molecule has 33 heavy (non-hydrogen) atoms. The number of phenols is 2. The van der Waals surface area contributed by atoms with Crippen molar-refractivity contribution in [2.45, 2.75) is 67.2 Å². The predicted molar refractivity (Wildman–Crippen MR) is 127 cm³/mol. The van der Waals surface area contributed by atoms with E-state index in [2.05, 4.69) is 0 Å². The maximum absolute atomic E-state index is 13.2. The van der Waals surface area contributed by atoms with Crippen LogP contribution in [0.5, 0.6) is 23.0 Å². The van der Waals surface area contributed by atoms with Gasteiger partial charge in [-0.2, -0.15) is 0 Å². The lowest BCUT2D eigenvalue weighted by Crippen LogP contribution is -2.16. The Kier molecular flexibility index (Phi) is 8.36. The fourth-order valence-corrected chi connectivity index (χ4v) is 3.74. The molecular formula is C26H34O7. The van der Waals surface area contributed by atoms with E-state index in [0.29, 0.717) is 24.2 Å². The number of carbonyl (C=O) groups is 1. The molecule has 0 aliphatic rings. The number of ketones is 1. The minimum Gasteiger partial charge on any atom is -0.507 e. The quantitative estimate of drug-likeness (QED) is 0.359. The van der Waals surface area contributed by atoms with Crippen LogP contribution in [0.2, 0.25) is 0 Å². The van der Waals surface area contributed by atoms with E-state index < -0.39 is 11.5 Å². The van der Waals surface area contributed by atoms with Gasteiger partial charge >= 0.3 is 5.63 Å². The van der Waals surface area contributed by atoms with Crippen LogP contribution in [0.25, 0.3) is 0 Å². The number of rotatable bonds is 9. The molecule has 1 aromatic carbocycles. The smallest absolute Gasteiger partial charge is 0.343 e. The van der Waals surface area contributed by atoms with Gasteiger partial charge in [0.25, 0.3) is 0 Å². The molecule has 0 saturated carbocycles. The molecule has 1 atom stereocenters. The van der Waals surface area contributed by atoms with Gasteiger partial charge in [0.15, 0.2) is 5.78 Å². The van der Waals surface area contributed by atoms with E-state index in [4.69, 9.17) is 9.15 Å². The average Bonchev–Trinajstić information content (AvgIpc) is 2.78. The summed E-state index contributed by atoms with van der Waals surface area (Å²) in [6.07, 6.45) is 2.73. The van der Waals surface area contributed by atoms with Crippen LogP contribution in [0.3, 0.4) is 0 Å². The molecule has 0 saturated heterocycles. The second-order valence-electron chi connectivity index (χ2n) is 8.52. The number of ether oxygens (including phenoxy) is 1. The van der Waals surface area contributed by atoms with Crippen molar-refractivity contribution in [3.63, 3.8) is 0 Å². The summed E-state index contributed by atoms with van der Waals surface area (Å²) in [5, 5.41) is 32.8. The van der Waals surface area contributed by atoms with Gasteiger partial charge in [-0.1, -0.05) is 32.4 Å². The summed E-state index contributed by atoms with van der Waals surface area (Å²) in [6, 6.07) is 0. The summed E-state index contributed by atoms with van der Waals surface area (Å²) in [5.74, 6) is -1.24. The molecule has 0 spiro atoms. The first kappa shape index (κ1) is 26.0. The van der Waals surface area contributed by atoms with Gasteiger partial charge in [0.2, 0.25) is 0 Å². The number of aromatic hydroxyl groups is 3. The lowest BCUT2D eigenvalue weighted by Gasteiger charge is -2.21. The lowest BCUT2D eigenvalue weighted by molar-refractivity contribution is 0.0920. The molecule has 3 N–H and O–H groups in total. The Bertz CT molecular complexity index is 1130. The van der Waals surface area contributed by atoms with Crippen molar-refractivity contribution < 1.29 is 29.3 Å². The molecule has 0 unspecified atom stereocenters. The highest BCUT2D eigenvalue weighted by Crippen LogP contribution is 2.45. The Hall–Kier alpha value is -3.22. The monoisotopic (exact) mass is 458 g/mol. The number of carbonyl (C=O) groups excluding carboxylic acids is 1. The van der Waals surface area contributed by atoms with Gasteiger partial charge in [0, 0.05) is 35.4 Å². The normalized spacial score (nSPS) is 11.8. The fraction of sp³-hybridized carbons (Fsp3) is 0.462. The molecule has 0 aliphatic carbocycles. The minimum absolute atomic E-state index is 0.0210. The van der Waals surface area contributed by atoms with Crippen LogP contribution in [-0.4, -0.2) is 28.2 Å². The molecule has 1 heterocycles. The number of hydrogen-bond acceptors (Lipinski definition) is 7. The van der Waals surface area contributed by atoms with Gasteiger partial charge < -0.3 is 24.5 Å². The Morgan fingerprint density at radius 1 is 1.06 bits per heavy atom. The zero-order valence-corrected chi connectivity index (χ0v) is 20.5. The SMILES string of the molecule is CCc1oc(=O)c(Cc2c(O)c(CC=C(C)C)c(O)c(C(=O)[C@H](C)CC)c2OC)c(O)c1C. The summed E-state index contributed by atoms with van der Waals surface area (Å²) < 4.78 is 10.8. The fourth-order valence-electron chi connectivity index (χ4n) is 3.74. The predicted octanol–water partition coefficient (Wildman–Crippen LogP) is 4.96. The summed E-state index contributed by atoms with van der Waals surface area (Å²) in [5.41, 5.74) is 0.858. The second kappa shape index (κ2) is 10.6. The van der Waals surface area contributed by atoms with Crippen molar-refractivity contribution in [1.29, 1.82) is 0 Å². The van der Waals surface area contributed by atoms with Crippen molar-refractivity contribution in [3.05, 3.63) is 55.6 Å². The zero-order valence-electron chi connectivity index (χ0n) is 20.5. The van der Waals surface area contributed by atoms with Crippen LogP contribution in [0.15, 0.2) is 20.9 Å². The van der Waals surface area contributed by atoms with Gasteiger partial charge in [0.05, 0.1) is 12.7 Å². The molecule has 0 fully saturated rings. The van der Waals surface area contributed by atoms with E-state index in [-0.39, 0.29) is 63.9 Å². The molecule has 0 amide bonds. The van der Waals surface area contributed by atoms with Crippen molar-refractivity contribution in [1.82, 2.24) is 0 Å². The van der Waals surface area contributed by atoms with Crippen molar-refractivity contribution in [3.8, 4) is 23.0 Å². The molecule has 7 nitrogen and oxygen atoms in total. The Balaban J connectivity index is 2.88. The number of aryl methyl sites for hydroxylation is 1. The van der Waals surface area contributed by atoms with Gasteiger partial charge in [-0.05, 0) is 33.6 Å². The van der Waals surface area contributed by atoms with Gasteiger partial charge in [-0.15, -0.1) is 0 Å². The number of hydrogen-bond donors (Lipinski definition) is 3. The molecule has 2 aromatic rings. The van der Waals surface area contributed by atoms with Crippen LogP contribution in [-0.2, 0) is 19.3 Å². The molecule has 7 heteroatoms. The maximum Gasteiger partial charge on any atom is 0.343 e. The minimum atomic E-state index is -0.731. The van der Waals surface area contributed by atoms with Crippen LogP contribution in [0.4, 0.5) is 0 Å². The van der Waals surface area contributed by atoms with E-state index in [9.17, 15) is 24.9 Å². The molecule has 1 aromatic heterocycles. The van der Waals surface area contributed by atoms with Crippen molar-refractivity contribution in [2.24, 2.45) is 5.92 Å². The number of methoxy groups -OCH3 is 1. The zero-order chi connectivity index (χ0) is 25.0. The first-order valence-electron chi connectivity index (χ1n) is 11.1. The summed E-state index contributed by atoms with van der Waals surface area (Å²) in [7, 11) is 1.33. The standard InChI is InChI=1S/C26H34O7/c1-8-14(5)21(27)20-24(30)16(11-10-13(3)4)23(29)17(25(20)32-7)12-18-22(28)15(6)19(9-2)33-26(18)31/h10,14,28-30H,8-9,11-12H2,1-7H3/t14-/m1/s1. The summed E-state index contributed by atoms with van der Waals surface area (Å²) in [4.78, 5) is 25.8. The number of Topliss-reactive ketones (excluding diaryl/α,β-unsaturated/α-hetero) is 1. The van der Waals surface area contributed by atoms with Crippen LogP contribution in [0, 0.1) is 12.8 Å². The van der Waals surface area contributed by atoms with Gasteiger partial charge in [-0.3, -0.25) is 4.79 Å². The first-order valence-corrected chi connectivity index (χ1v) is 11.1. The highest BCUT2D eigenvalue weighted by atomic mass is 16.5. The molecule has 0 bridgehead atoms. The molecule has 2 rings (SSSR count). The van der Waals surface area contributed by atoms with E-state index in [1.54, 1.807) is 13.8 Å². The van der Waals surface area contributed by atoms with E-state index in [1.807, 2.05) is 33.8 Å². The van der Waals surface area contributed by atoms with Gasteiger partial charge in [0.1, 0.15) is 34.3 Å². The third-order valence-corrected chi connectivity index (χ3v) is 6.02. The number of allylic oxidation sites excluding steroid dienone is 2. The van der Waals surface area contributed by atoms with Crippen LogP contribution >= 0.6 is 0 Å². The third-order valence-electron chi connectivity index (χ3n) is 6.02. The topological polar surface area (TPSA) is 117 Å².